The number of carbonyl (C=O) groups excluding carboxylic acids is 1. The van der Waals surface area contributed by atoms with Gasteiger partial charge in [-0.1, -0.05) is 0 Å². The van der Waals surface area contributed by atoms with Gasteiger partial charge in [0, 0.05) is 36.8 Å². The Balaban J connectivity index is 2.44. The summed E-state index contributed by atoms with van der Waals surface area (Å²) in [7, 11) is 0. The molecule has 0 bridgehead atoms. The molecular formula is C15H27NO5. The molecule has 1 aliphatic heterocycles. The first-order valence-electron chi connectivity index (χ1n) is 7.45. The van der Waals surface area contributed by atoms with Gasteiger partial charge in [0.25, 0.3) is 0 Å². The highest BCUT2D eigenvalue weighted by Gasteiger charge is 2.46. The lowest BCUT2D eigenvalue weighted by Gasteiger charge is -2.50. The lowest BCUT2D eigenvalue weighted by atomic mass is 9.80. The van der Waals surface area contributed by atoms with Crippen LogP contribution in [0.5, 0.6) is 0 Å². The summed E-state index contributed by atoms with van der Waals surface area (Å²) in [5.41, 5.74) is -0.897. The number of hydroxylamine groups is 2. The van der Waals surface area contributed by atoms with Crippen molar-refractivity contribution in [1.29, 1.82) is 0 Å². The van der Waals surface area contributed by atoms with Crippen LogP contribution in [0.3, 0.4) is 0 Å². The summed E-state index contributed by atoms with van der Waals surface area (Å²) >= 11 is 0. The summed E-state index contributed by atoms with van der Waals surface area (Å²) in [6.45, 7) is 7.67. The van der Waals surface area contributed by atoms with Gasteiger partial charge in [0.15, 0.2) is 0 Å². The first-order chi connectivity index (χ1) is 9.54. The molecule has 0 aromatic rings. The number of hydrogen-bond acceptors (Lipinski definition) is 5. The van der Waals surface area contributed by atoms with E-state index in [4.69, 9.17) is 9.84 Å². The lowest BCUT2D eigenvalue weighted by Crippen LogP contribution is -2.60. The number of esters is 1. The fraction of sp³-hybridized carbons (Fsp3) is 0.867. The topological polar surface area (TPSA) is 87.1 Å². The predicted molar refractivity (Wildman–Crippen MR) is 77.0 cm³/mol. The molecule has 6 heteroatoms. The van der Waals surface area contributed by atoms with Crippen LogP contribution in [-0.2, 0) is 14.3 Å². The Hall–Kier alpha value is -1.14. The molecule has 0 atom stereocenters. The molecule has 0 aromatic heterocycles. The molecule has 2 N–H and O–H groups in total. The van der Waals surface area contributed by atoms with Gasteiger partial charge in [0.05, 0.1) is 0 Å². The van der Waals surface area contributed by atoms with Gasteiger partial charge in [-0.15, -0.1) is 0 Å². The van der Waals surface area contributed by atoms with E-state index in [9.17, 15) is 14.8 Å². The largest absolute Gasteiger partial charge is 0.481 e. The molecule has 0 saturated carbocycles. The predicted octanol–water partition coefficient (Wildman–Crippen LogP) is 2.59. The third kappa shape index (κ3) is 5.28. The van der Waals surface area contributed by atoms with E-state index in [0.29, 0.717) is 25.7 Å². The molecule has 21 heavy (non-hydrogen) atoms. The van der Waals surface area contributed by atoms with Crippen LogP contribution < -0.4 is 0 Å². The maximum Gasteiger partial charge on any atom is 0.306 e. The van der Waals surface area contributed by atoms with E-state index >= 15 is 0 Å². The number of rotatable bonds is 6. The monoisotopic (exact) mass is 301 g/mol. The van der Waals surface area contributed by atoms with Crippen LogP contribution in [0.2, 0.25) is 0 Å². The highest BCUT2D eigenvalue weighted by Crippen LogP contribution is 2.38. The number of carboxylic acids is 1. The summed E-state index contributed by atoms with van der Waals surface area (Å²) < 4.78 is 5.49. The number of unbranched alkanes of at least 4 members (excludes halogenated alkanes) is 1. The van der Waals surface area contributed by atoms with E-state index in [1.165, 1.54) is 5.06 Å². The van der Waals surface area contributed by atoms with Crippen molar-refractivity contribution in [2.75, 3.05) is 0 Å². The molecular weight excluding hydrogens is 274 g/mol. The van der Waals surface area contributed by atoms with Crippen LogP contribution in [0.15, 0.2) is 0 Å². The van der Waals surface area contributed by atoms with Crippen LogP contribution in [0, 0.1) is 0 Å². The van der Waals surface area contributed by atoms with E-state index in [2.05, 4.69) is 0 Å². The van der Waals surface area contributed by atoms with E-state index in [1.54, 1.807) is 0 Å². The molecule has 1 rings (SSSR count). The van der Waals surface area contributed by atoms with Crippen molar-refractivity contribution in [3.63, 3.8) is 0 Å². The molecule has 0 aromatic carbocycles. The van der Waals surface area contributed by atoms with Crippen molar-refractivity contribution in [3.05, 3.63) is 0 Å². The second-order valence-electron chi connectivity index (χ2n) is 7.06. The third-order valence-electron chi connectivity index (χ3n) is 3.92. The maximum atomic E-state index is 11.8. The van der Waals surface area contributed by atoms with Gasteiger partial charge in [-0.25, -0.2) is 0 Å². The van der Waals surface area contributed by atoms with Crippen molar-refractivity contribution in [1.82, 2.24) is 5.06 Å². The number of nitrogens with zero attached hydrogens (tertiary/aromatic N) is 1. The van der Waals surface area contributed by atoms with Gasteiger partial charge in [0.1, 0.15) is 6.10 Å². The van der Waals surface area contributed by atoms with Crippen LogP contribution in [0.1, 0.15) is 66.2 Å². The minimum absolute atomic E-state index is 0.0796. The first-order valence-corrected chi connectivity index (χ1v) is 7.45. The van der Waals surface area contributed by atoms with E-state index in [1.807, 2.05) is 27.7 Å². The van der Waals surface area contributed by atoms with Crippen molar-refractivity contribution >= 4 is 11.9 Å². The Labute approximate surface area is 126 Å². The minimum Gasteiger partial charge on any atom is -0.481 e. The highest BCUT2D eigenvalue weighted by molar-refractivity contribution is 5.70. The molecule has 1 aliphatic rings. The number of piperidine rings is 1. The van der Waals surface area contributed by atoms with Gasteiger partial charge in [-0.2, -0.15) is 5.06 Å². The average Bonchev–Trinajstić information content (AvgIpc) is 2.30. The van der Waals surface area contributed by atoms with Crippen molar-refractivity contribution < 1.29 is 24.6 Å². The van der Waals surface area contributed by atoms with Gasteiger partial charge >= 0.3 is 11.9 Å². The van der Waals surface area contributed by atoms with E-state index in [-0.39, 0.29) is 24.9 Å². The van der Waals surface area contributed by atoms with Crippen molar-refractivity contribution in [2.24, 2.45) is 0 Å². The van der Waals surface area contributed by atoms with Gasteiger partial charge in [-0.05, 0) is 40.5 Å². The number of aliphatic carboxylic acids is 1. The van der Waals surface area contributed by atoms with Gasteiger partial charge in [-0.3, -0.25) is 9.59 Å². The molecule has 0 radical (unpaired) electrons. The Kier molecular flexibility index (Phi) is 5.75. The second-order valence-corrected chi connectivity index (χ2v) is 7.06. The van der Waals surface area contributed by atoms with E-state index in [0.717, 1.165) is 0 Å². The molecule has 122 valence electrons. The van der Waals surface area contributed by atoms with Crippen LogP contribution in [0.25, 0.3) is 0 Å². The Morgan fingerprint density at radius 2 is 1.57 bits per heavy atom. The Bertz CT molecular complexity index is 374. The minimum atomic E-state index is -0.845. The van der Waals surface area contributed by atoms with Gasteiger partial charge in [0.2, 0.25) is 0 Å². The average molecular weight is 301 g/mol. The molecule has 6 nitrogen and oxygen atoms in total. The normalized spacial score (nSPS) is 22.0. The SMILES string of the molecule is CC1(C)CC(OC(=O)CCCCC(=O)O)CC(C)(C)N1O. The summed E-state index contributed by atoms with van der Waals surface area (Å²) in [5.74, 6) is -1.13. The number of hydrogen-bond donors (Lipinski definition) is 2. The van der Waals surface area contributed by atoms with Crippen LogP contribution in [-0.4, -0.2) is 44.5 Å². The summed E-state index contributed by atoms with van der Waals surface area (Å²) in [4.78, 5) is 22.2. The number of carbonyl (C=O) groups is 2. The molecule has 0 spiro atoms. The van der Waals surface area contributed by atoms with Crippen molar-refractivity contribution in [2.45, 2.75) is 83.4 Å². The smallest absolute Gasteiger partial charge is 0.306 e. The fourth-order valence-electron chi connectivity index (χ4n) is 3.05. The van der Waals surface area contributed by atoms with E-state index < -0.39 is 17.0 Å². The lowest BCUT2D eigenvalue weighted by molar-refractivity contribution is -0.259. The number of carboxylic acid groups (broad SMARTS) is 1. The molecule has 0 aliphatic carbocycles. The Morgan fingerprint density at radius 3 is 2.05 bits per heavy atom. The fourth-order valence-corrected chi connectivity index (χ4v) is 3.05. The quantitative estimate of drug-likeness (QED) is 0.579. The zero-order valence-corrected chi connectivity index (χ0v) is 13.4. The molecule has 1 fully saturated rings. The first kappa shape index (κ1) is 17.9. The second kappa shape index (κ2) is 6.75. The molecule has 1 saturated heterocycles. The standard InChI is InChI=1S/C15H27NO5/c1-14(2)9-11(10-15(3,4)16(14)20)21-13(19)8-6-5-7-12(17)18/h11,20H,5-10H2,1-4H3,(H,17,18). The Morgan fingerprint density at radius 1 is 1.10 bits per heavy atom. The van der Waals surface area contributed by atoms with Crippen LogP contribution in [0.4, 0.5) is 0 Å². The van der Waals surface area contributed by atoms with Crippen molar-refractivity contribution in [3.8, 4) is 0 Å². The third-order valence-corrected chi connectivity index (χ3v) is 3.92. The molecule has 0 unspecified atom stereocenters. The number of ether oxygens (including phenoxy) is 1. The molecule has 0 amide bonds. The van der Waals surface area contributed by atoms with Crippen LogP contribution >= 0.6 is 0 Å². The zero-order chi connectivity index (χ0) is 16.3. The zero-order valence-electron chi connectivity index (χ0n) is 13.4. The maximum absolute atomic E-state index is 11.8. The molecule has 1 heterocycles. The van der Waals surface area contributed by atoms with Gasteiger partial charge < -0.3 is 15.1 Å². The highest BCUT2D eigenvalue weighted by atomic mass is 16.5. The summed E-state index contributed by atoms with van der Waals surface area (Å²) in [5, 5.41) is 20.1. The summed E-state index contributed by atoms with van der Waals surface area (Å²) in [6, 6.07) is 0. The summed E-state index contributed by atoms with van der Waals surface area (Å²) in [6.07, 6.45) is 2.27.